The first-order valence-corrected chi connectivity index (χ1v) is 10.0. The second-order valence-electron chi connectivity index (χ2n) is 7.06. The fourth-order valence-corrected chi connectivity index (χ4v) is 3.52. The number of nitrogens with zero attached hydrogens (tertiary/aromatic N) is 2. The summed E-state index contributed by atoms with van der Waals surface area (Å²) in [6, 6.07) is 15.9. The number of alkyl halides is 3. The molecule has 7 heteroatoms. The van der Waals surface area contributed by atoms with Crippen molar-refractivity contribution >= 4 is 17.5 Å². The lowest BCUT2D eigenvalue weighted by Crippen LogP contribution is -2.32. The fraction of sp³-hybridized carbons (Fsp3) is 0.261. The summed E-state index contributed by atoms with van der Waals surface area (Å²) in [5.41, 5.74) is 1.12. The topological polar surface area (TPSA) is 25.2 Å². The van der Waals surface area contributed by atoms with Crippen LogP contribution in [0.4, 0.5) is 13.2 Å². The molecule has 0 radical (unpaired) electrons. The molecule has 0 unspecified atom stereocenters. The Morgan fingerprint density at radius 2 is 1.83 bits per heavy atom. The third-order valence-corrected chi connectivity index (χ3v) is 4.97. The van der Waals surface area contributed by atoms with Crippen LogP contribution in [0.2, 0.25) is 5.02 Å². The number of aromatic nitrogens is 1. The lowest BCUT2D eigenvalue weighted by atomic mass is 10.1. The molecule has 1 amide bonds. The maximum absolute atomic E-state index is 13.0. The van der Waals surface area contributed by atoms with Gasteiger partial charge in [0, 0.05) is 35.6 Å². The van der Waals surface area contributed by atoms with E-state index in [-0.39, 0.29) is 5.56 Å². The first-order valence-electron chi connectivity index (χ1n) is 9.63. The van der Waals surface area contributed by atoms with E-state index >= 15 is 0 Å². The monoisotopic (exact) mass is 434 g/mol. The summed E-state index contributed by atoms with van der Waals surface area (Å²) in [5, 5.41) is 0.647. The first-order chi connectivity index (χ1) is 14.3. The molecule has 1 heterocycles. The van der Waals surface area contributed by atoms with E-state index in [9.17, 15) is 18.0 Å². The molecule has 0 saturated heterocycles. The molecule has 3 aromatic rings. The third-order valence-electron chi connectivity index (χ3n) is 4.74. The van der Waals surface area contributed by atoms with E-state index in [1.165, 1.54) is 12.1 Å². The number of carbonyl (C=O) groups is 1. The van der Waals surface area contributed by atoms with Crippen LogP contribution in [0.15, 0.2) is 66.9 Å². The van der Waals surface area contributed by atoms with E-state index in [1.807, 2.05) is 48.0 Å². The standard InChI is InChI=1S/C23H22ClF3N2O/c1-2-11-29(22(30)18-7-4-8-19(14-18)23(25,26)27)16-21-10-5-12-28(21)15-17-6-3-9-20(24)13-17/h3-10,12-14H,2,11,15-16H2,1H3. The number of halogens is 4. The van der Waals surface area contributed by atoms with Crippen molar-refractivity contribution in [2.45, 2.75) is 32.6 Å². The zero-order chi connectivity index (χ0) is 21.7. The third kappa shape index (κ3) is 5.45. The molecule has 0 bridgehead atoms. The van der Waals surface area contributed by atoms with Crippen molar-refractivity contribution < 1.29 is 18.0 Å². The SMILES string of the molecule is CCCN(Cc1cccn1Cc1cccc(Cl)c1)C(=O)c1cccc(C(F)(F)F)c1. The summed E-state index contributed by atoms with van der Waals surface area (Å²) in [6.45, 7) is 3.26. The first kappa shape index (κ1) is 22.0. The Hall–Kier alpha value is -2.73. The van der Waals surface area contributed by atoms with E-state index in [0.29, 0.717) is 31.1 Å². The highest BCUT2D eigenvalue weighted by Gasteiger charge is 2.31. The molecule has 1 aromatic heterocycles. The van der Waals surface area contributed by atoms with Crippen LogP contribution in [-0.2, 0) is 19.3 Å². The zero-order valence-corrected chi connectivity index (χ0v) is 17.2. The van der Waals surface area contributed by atoms with E-state index in [2.05, 4.69) is 0 Å². The van der Waals surface area contributed by atoms with E-state index in [0.717, 1.165) is 23.4 Å². The predicted octanol–water partition coefficient (Wildman–Crippen LogP) is 6.26. The van der Waals surface area contributed by atoms with Crippen molar-refractivity contribution in [3.63, 3.8) is 0 Å². The van der Waals surface area contributed by atoms with Crippen molar-refractivity contribution in [3.8, 4) is 0 Å². The van der Waals surface area contributed by atoms with Gasteiger partial charge in [0.1, 0.15) is 0 Å². The molecule has 0 fully saturated rings. The quantitative estimate of drug-likeness (QED) is 0.430. The Balaban J connectivity index is 1.81. The van der Waals surface area contributed by atoms with Gasteiger partial charge in [-0.2, -0.15) is 13.2 Å². The lowest BCUT2D eigenvalue weighted by Gasteiger charge is -2.24. The van der Waals surface area contributed by atoms with E-state index < -0.39 is 17.6 Å². The molecule has 30 heavy (non-hydrogen) atoms. The number of benzene rings is 2. The number of rotatable bonds is 7. The van der Waals surface area contributed by atoms with Crippen LogP contribution in [0.25, 0.3) is 0 Å². The van der Waals surface area contributed by atoms with Crippen LogP contribution in [0, 0.1) is 0 Å². The number of hydrogen-bond acceptors (Lipinski definition) is 1. The van der Waals surface area contributed by atoms with E-state index in [1.54, 1.807) is 11.0 Å². The summed E-state index contributed by atoms with van der Waals surface area (Å²) in [7, 11) is 0. The minimum Gasteiger partial charge on any atom is -0.345 e. The van der Waals surface area contributed by atoms with Crippen molar-refractivity contribution in [3.05, 3.63) is 94.3 Å². The number of hydrogen-bond donors (Lipinski definition) is 0. The zero-order valence-electron chi connectivity index (χ0n) is 16.5. The Morgan fingerprint density at radius 1 is 1.07 bits per heavy atom. The average molecular weight is 435 g/mol. The van der Waals surface area contributed by atoms with Gasteiger partial charge < -0.3 is 9.47 Å². The van der Waals surface area contributed by atoms with Gasteiger partial charge in [-0.05, 0) is 54.4 Å². The Kier molecular flexibility index (Phi) is 6.87. The number of carbonyl (C=O) groups excluding carboxylic acids is 1. The molecular formula is C23H22ClF3N2O. The molecule has 0 aliphatic rings. The molecule has 3 nitrogen and oxygen atoms in total. The highest BCUT2D eigenvalue weighted by atomic mass is 35.5. The van der Waals surface area contributed by atoms with Crippen LogP contribution >= 0.6 is 11.6 Å². The summed E-state index contributed by atoms with van der Waals surface area (Å²) in [5.74, 6) is -0.418. The van der Waals surface area contributed by atoms with Gasteiger partial charge >= 0.3 is 6.18 Å². The van der Waals surface area contributed by atoms with Crippen molar-refractivity contribution in [2.75, 3.05) is 6.54 Å². The van der Waals surface area contributed by atoms with Crippen LogP contribution < -0.4 is 0 Å². The maximum atomic E-state index is 13.0. The molecule has 0 spiro atoms. The van der Waals surface area contributed by atoms with Crippen molar-refractivity contribution in [1.29, 1.82) is 0 Å². The Morgan fingerprint density at radius 3 is 2.53 bits per heavy atom. The second-order valence-corrected chi connectivity index (χ2v) is 7.50. The van der Waals surface area contributed by atoms with Gasteiger partial charge in [-0.1, -0.05) is 36.7 Å². The van der Waals surface area contributed by atoms with E-state index in [4.69, 9.17) is 11.6 Å². The normalized spacial score (nSPS) is 11.5. The lowest BCUT2D eigenvalue weighted by molar-refractivity contribution is -0.137. The highest BCUT2D eigenvalue weighted by molar-refractivity contribution is 6.30. The molecule has 3 rings (SSSR count). The summed E-state index contributed by atoms with van der Waals surface area (Å²) in [6.07, 6.45) is -1.88. The van der Waals surface area contributed by atoms with Crippen molar-refractivity contribution in [1.82, 2.24) is 9.47 Å². The predicted molar refractivity (Wildman–Crippen MR) is 111 cm³/mol. The van der Waals surface area contributed by atoms with Crippen LogP contribution in [-0.4, -0.2) is 21.9 Å². The molecule has 0 atom stereocenters. The van der Waals surface area contributed by atoms with Gasteiger partial charge in [-0.15, -0.1) is 0 Å². The molecule has 2 aromatic carbocycles. The van der Waals surface area contributed by atoms with Gasteiger partial charge in [-0.25, -0.2) is 0 Å². The van der Waals surface area contributed by atoms with Crippen LogP contribution in [0.1, 0.15) is 40.5 Å². The molecule has 0 saturated carbocycles. The number of amides is 1. The summed E-state index contributed by atoms with van der Waals surface area (Å²) in [4.78, 5) is 14.6. The van der Waals surface area contributed by atoms with Gasteiger partial charge in [0.15, 0.2) is 0 Å². The fourth-order valence-electron chi connectivity index (χ4n) is 3.31. The van der Waals surface area contributed by atoms with Gasteiger partial charge in [0.2, 0.25) is 0 Å². The molecule has 0 aliphatic carbocycles. The highest BCUT2D eigenvalue weighted by Crippen LogP contribution is 2.30. The Bertz CT molecular complexity index is 1010. The smallest absolute Gasteiger partial charge is 0.345 e. The molecular weight excluding hydrogens is 413 g/mol. The minimum absolute atomic E-state index is 0.0335. The van der Waals surface area contributed by atoms with Crippen LogP contribution in [0.3, 0.4) is 0 Å². The Labute approximate surface area is 178 Å². The minimum atomic E-state index is -4.49. The molecule has 0 aliphatic heterocycles. The summed E-state index contributed by atoms with van der Waals surface area (Å²) < 4.78 is 41.1. The molecule has 0 N–H and O–H groups in total. The van der Waals surface area contributed by atoms with Crippen molar-refractivity contribution in [2.24, 2.45) is 0 Å². The average Bonchev–Trinajstić information content (AvgIpc) is 3.13. The van der Waals surface area contributed by atoms with Gasteiger partial charge in [0.05, 0.1) is 12.1 Å². The van der Waals surface area contributed by atoms with Gasteiger partial charge in [0.25, 0.3) is 5.91 Å². The molecule has 158 valence electrons. The largest absolute Gasteiger partial charge is 0.416 e. The van der Waals surface area contributed by atoms with Gasteiger partial charge in [-0.3, -0.25) is 4.79 Å². The summed E-state index contributed by atoms with van der Waals surface area (Å²) >= 11 is 6.06. The van der Waals surface area contributed by atoms with Crippen LogP contribution in [0.5, 0.6) is 0 Å². The second kappa shape index (κ2) is 9.39. The maximum Gasteiger partial charge on any atom is 0.416 e.